The Morgan fingerprint density at radius 1 is 1.39 bits per heavy atom. The molecule has 0 saturated heterocycles. The maximum absolute atomic E-state index is 13.3. The highest BCUT2D eigenvalue weighted by molar-refractivity contribution is 5.77. The molecule has 5 heteroatoms. The molecule has 1 amide bonds. The van der Waals surface area contributed by atoms with Crippen LogP contribution in [0.15, 0.2) is 24.3 Å². The predicted octanol–water partition coefficient (Wildman–Crippen LogP) is 1.07. The minimum atomic E-state index is -0.300. The minimum absolute atomic E-state index is 0.143. The summed E-state index contributed by atoms with van der Waals surface area (Å²) >= 11 is 0. The van der Waals surface area contributed by atoms with Crippen molar-refractivity contribution in [2.45, 2.75) is 13.0 Å². The van der Waals surface area contributed by atoms with E-state index in [9.17, 15) is 9.18 Å². The summed E-state index contributed by atoms with van der Waals surface area (Å²) in [6, 6.07) is 6.40. The van der Waals surface area contributed by atoms with Crippen LogP contribution in [0.25, 0.3) is 0 Å². The van der Waals surface area contributed by atoms with Gasteiger partial charge in [-0.1, -0.05) is 18.2 Å². The lowest BCUT2D eigenvalue weighted by Crippen LogP contribution is -2.34. The number of amides is 1. The number of carbonyl (C=O) groups excluding carboxylic acids is 1. The molecule has 0 aliphatic rings. The Labute approximate surface area is 107 Å². The van der Waals surface area contributed by atoms with Crippen LogP contribution >= 0.6 is 0 Å². The van der Waals surface area contributed by atoms with E-state index in [1.54, 1.807) is 25.3 Å². The summed E-state index contributed by atoms with van der Waals surface area (Å²) in [5.41, 5.74) is 0.491. The summed E-state index contributed by atoms with van der Waals surface area (Å²) in [4.78, 5) is 11.4. The average molecular weight is 254 g/mol. The normalized spacial score (nSPS) is 10.3. The lowest BCUT2D eigenvalue weighted by atomic mass is 10.2. The highest BCUT2D eigenvalue weighted by atomic mass is 19.1. The molecule has 0 radical (unpaired) electrons. The summed E-state index contributed by atoms with van der Waals surface area (Å²) in [7, 11) is 1.64. The minimum Gasteiger partial charge on any atom is -0.385 e. The largest absolute Gasteiger partial charge is 0.385 e. The molecule has 1 aromatic carbocycles. The summed E-state index contributed by atoms with van der Waals surface area (Å²) in [6.45, 7) is 1.84. The number of methoxy groups -OCH3 is 1. The van der Waals surface area contributed by atoms with E-state index >= 15 is 0 Å². The maximum atomic E-state index is 13.3. The van der Waals surface area contributed by atoms with Crippen molar-refractivity contribution in [3.63, 3.8) is 0 Å². The van der Waals surface area contributed by atoms with Crippen molar-refractivity contribution in [2.75, 3.05) is 26.8 Å². The third kappa shape index (κ3) is 5.75. The Kier molecular flexibility index (Phi) is 6.98. The smallest absolute Gasteiger partial charge is 0.234 e. The number of nitrogens with one attached hydrogen (secondary N) is 2. The van der Waals surface area contributed by atoms with E-state index in [0.29, 0.717) is 12.2 Å². The fourth-order valence-corrected chi connectivity index (χ4v) is 1.44. The van der Waals surface area contributed by atoms with E-state index in [1.807, 2.05) is 0 Å². The van der Waals surface area contributed by atoms with Gasteiger partial charge in [-0.25, -0.2) is 4.39 Å². The molecule has 0 fully saturated rings. The van der Waals surface area contributed by atoms with Crippen molar-refractivity contribution in [3.05, 3.63) is 35.6 Å². The first kappa shape index (κ1) is 14.6. The molecule has 0 spiro atoms. The lowest BCUT2D eigenvalue weighted by Gasteiger charge is -2.07. The van der Waals surface area contributed by atoms with Gasteiger partial charge < -0.3 is 15.4 Å². The van der Waals surface area contributed by atoms with Crippen molar-refractivity contribution < 1.29 is 13.9 Å². The van der Waals surface area contributed by atoms with Crippen LogP contribution in [-0.2, 0) is 16.1 Å². The van der Waals surface area contributed by atoms with Gasteiger partial charge in [0.25, 0.3) is 0 Å². The van der Waals surface area contributed by atoms with Gasteiger partial charge in [-0.15, -0.1) is 0 Å². The zero-order chi connectivity index (χ0) is 13.2. The van der Waals surface area contributed by atoms with Crippen LogP contribution < -0.4 is 10.6 Å². The van der Waals surface area contributed by atoms with E-state index in [4.69, 9.17) is 4.74 Å². The molecule has 0 aliphatic carbocycles. The van der Waals surface area contributed by atoms with Crippen LogP contribution in [0.1, 0.15) is 12.0 Å². The van der Waals surface area contributed by atoms with Crippen molar-refractivity contribution in [3.8, 4) is 0 Å². The number of carbonyl (C=O) groups is 1. The predicted molar refractivity (Wildman–Crippen MR) is 67.6 cm³/mol. The van der Waals surface area contributed by atoms with E-state index in [0.717, 1.165) is 13.0 Å². The van der Waals surface area contributed by atoms with Crippen LogP contribution in [0.3, 0.4) is 0 Å². The van der Waals surface area contributed by atoms with Gasteiger partial charge in [-0.05, 0) is 19.0 Å². The SMILES string of the molecule is COCCCNCC(=O)NCc1ccccc1F. The van der Waals surface area contributed by atoms with Crippen molar-refractivity contribution >= 4 is 5.91 Å². The van der Waals surface area contributed by atoms with Crippen LogP contribution in [0.2, 0.25) is 0 Å². The Hall–Kier alpha value is -1.46. The Morgan fingerprint density at radius 2 is 2.17 bits per heavy atom. The molecule has 0 aromatic heterocycles. The first-order chi connectivity index (χ1) is 8.74. The van der Waals surface area contributed by atoms with E-state index in [1.165, 1.54) is 6.07 Å². The molecule has 100 valence electrons. The molecule has 0 bridgehead atoms. The van der Waals surface area contributed by atoms with Gasteiger partial charge in [-0.2, -0.15) is 0 Å². The standard InChI is InChI=1S/C13H19FN2O2/c1-18-8-4-7-15-10-13(17)16-9-11-5-2-3-6-12(11)14/h2-3,5-6,15H,4,7-10H2,1H3,(H,16,17). The van der Waals surface area contributed by atoms with Crippen LogP contribution in [0.5, 0.6) is 0 Å². The third-order valence-corrected chi connectivity index (χ3v) is 2.42. The summed E-state index contributed by atoms with van der Waals surface area (Å²) in [5, 5.41) is 5.64. The first-order valence-corrected chi connectivity index (χ1v) is 5.94. The van der Waals surface area contributed by atoms with Gasteiger partial charge >= 0.3 is 0 Å². The van der Waals surface area contributed by atoms with E-state index in [2.05, 4.69) is 10.6 Å². The topological polar surface area (TPSA) is 50.4 Å². The molecule has 0 heterocycles. The van der Waals surface area contributed by atoms with Crippen LogP contribution in [0, 0.1) is 5.82 Å². The van der Waals surface area contributed by atoms with Crippen LogP contribution in [0.4, 0.5) is 4.39 Å². The molecule has 2 N–H and O–H groups in total. The van der Waals surface area contributed by atoms with Crippen LogP contribution in [-0.4, -0.2) is 32.7 Å². The van der Waals surface area contributed by atoms with Gasteiger partial charge in [0.05, 0.1) is 6.54 Å². The monoisotopic (exact) mass is 254 g/mol. The van der Waals surface area contributed by atoms with Crippen molar-refractivity contribution in [1.29, 1.82) is 0 Å². The zero-order valence-corrected chi connectivity index (χ0v) is 10.5. The number of ether oxygens (including phenoxy) is 1. The quantitative estimate of drug-likeness (QED) is 0.682. The molecule has 0 saturated carbocycles. The van der Waals surface area contributed by atoms with Crippen molar-refractivity contribution in [1.82, 2.24) is 10.6 Å². The number of benzene rings is 1. The molecule has 0 unspecified atom stereocenters. The first-order valence-electron chi connectivity index (χ1n) is 5.94. The number of halogens is 1. The number of rotatable bonds is 8. The highest BCUT2D eigenvalue weighted by Gasteiger charge is 2.03. The maximum Gasteiger partial charge on any atom is 0.234 e. The van der Waals surface area contributed by atoms with Gasteiger partial charge in [0.1, 0.15) is 5.82 Å². The van der Waals surface area contributed by atoms with Gasteiger partial charge in [0.2, 0.25) is 5.91 Å². The van der Waals surface area contributed by atoms with Crippen molar-refractivity contribution in [2.24, 2.45) is 0 Å². The molecule has 1 rings (SSSR count). The van der Waals surface area contributed by atoms with E-state index < -0.39 is 0 Å². The van der Waals surface area contributed by atoms with E-state index in [-0.39, 0.29) is 24.8 Å². The zero-order valence-electron chi connectivity index (χ0n) is 10.5. The molecule has 0 atom stereocenters. The second-order valence-electron chi connectivity index (χ2n) is 3.89. The molecule has 0 aliphatic heterocycles. The lowest BCUT2D eigenvalue weighted by molar-refractivity contribution is -0.120. The second-order valence-corrected chi connectivity index (χ2v) is 3.89. The molecule has 1 aromatic rings. The molecular formula is C13H19FN2O2. The Balaban J connectivity index is 2.15. The van der Waals surface area contributed by atoms with Gasteiger partial charge in [0.15, 0.2) is 0 Å². The molecule has 18 heavy (non-hydrogen) atoms. The fraction of sp³-hybridized carbons (Fsp3) is 0.462. The molecule has 4 nitrogen and oxygen atoms in total. The number of hydrogen-bond acceptors (Lipinski definition) is 3. The summed E-state index contributed by atoms with van der Waals surface area (Å²) < 4.78 is 18.1. The van der Waals surface area contributed by atoms with Gasteiger partial charge in [-0.3, -0.25) is 4.79 Å². The summed E-state index contributed by atoms with van der Waals surface area (Å²) in [5.74, 6) is -0.443. The molecular weight excluding hydrogens is 235 g/mol. The number of hydrogen-bond donors (Lipinski definition) is 2. The Bertz CT molecular complexity index is 372. The van der Waals surface area contributed by atoms with Gasteiger partial charge in [0, 0.05) is 25.8 Å². The second kappa shape index (κ2) is 8.60. The fourth-order valence-electron chi connectivity index (χ4n) is 1.44. The third-order valence-electron chi connectivity index (χ3n) is 2.42. The Morgan fingerprint density at radius 3 is 2.89 bits per heavy atom. The summed E-state index contributed by atoms with van der Waals surface area (Å²) in [6.07, 6.45) is 0.858. The highest BCUT2D eigenvalue weighted by Crippen LogP contribution is 2.04. The average Bonchev–Trinajstić information content (AvgIpc) is 2.37.